The summed E-state index contributed by atoms with van der Waals surface area (Å²) in [5.41, 5.74) is 7.16. The van der Waals surface area contributed by atoms with Crippen molar-refractivity contribution >= 4 is 5.82 Å². The number of rotatable bonds is 1. The molecule has 0 bridgehead atoms. The lowest BCUT2D eigenvalue weighted by Gasteiger charge is -2.22. The third-order valence-corrected chi connectivity index (χ3v) is 2.92. The van der Waals surface area contributed by atoms with Crippen LogP contribution in [0.3, 0.4) is 0 Å². The lowest BCUT2D eigenvalue weighted by molar-refractivity contribution is 0.465. The van der Waals surface area contributed by atoms with E-state index in [4.69, 9.17) is 5.73 Å². The number of nitrogens with two attached hydrogens (primary N) is 1. The molecule has 3 heteroatoms. The van der Waals surface area contributed by atoms with Gasteiger partial charge in [-0.15, -0.1) is 0 Å². The highest BCUT2D eigenvalue weighted by atomic mass is 15.1. The molecule has 0 spiro atoms. The van der Waals surface area contributed by atoms with Gasteiger partial charge in [0.2, 0.25) is 0 Å². The highest BCUT2D eigenvalue weighted by molar-refractivity contribution is 5.40. The quantitative estimate of drug-likeness (QED) is 0.715. The molecule has 0 saturated heterocycles. The normalized spacial score (nSPS) is 21.5. The number of nitrogens with zero attached hydrogens (tertiary/aromatic N) is 2. The molecule has 72 valence electrons. The van der Waals surface area contributed by atoms with Gasteiger partial charge >= 0.3 is 0 Å². The van der Waals surface area contributed by atoms with Crippen molar-refractivity contribution in [1.82, 2.24) is 9.55 Å². The van der Waals surface area contributed by atoms with E-state index >= 15 is 0 Å². The summed E-state index contributed by atoms with van der Waals surface area (Å²) in [7, 11) is 0. The minimum Gasteiger partial charge on any atom is -0.382 e. The first-order valence-corrected chi connectivity index (χ1v) is 5.08. The Bertz CT molecular complexity index is 314. The van der Waals surface area contributed by atoms with Gasteiger partial charge in [0.15, 0.2) is 0 Å². The number of nitrogen functional groups attached to an aromatic ring is 1. The average Bonchev–Trinajstić information content (AvgIpc) is 2.44. The average molecular weight is 179 g/mol. The van der Waals surface area contributed by atoms with Crippen LogP contribution in [0, 0.1) is 0 Å². The van der Waals surface area contributed by atoms with Crippen molar-refractivity contribution in [3.8, 4) is 0 Å². The van der Waals surface area contributed by atoms with Crippen LogP contribution in [0.15, 0.2) is 0 Å². The summed E-state index contributed by atoms with van der Waals surface area (Å²) in [5.74, 6) is 2.49. The van der Waals surface area contributed by atoms with Crippen LogP contribution in [0.1, 0.15) is 44.1 Å². The van der Waals surface area contributed by atoms with Gasteiger partial charge in [0.1, 0.15) is 11.6 Å². The third kappa shape index (κ3) is 1.23. The molecule has 1 atom stereocenters. The summed E-state index contributed by atoms with van der Waals surface area (Å²) >= 11 is 0. The van der Waals surface area contributed by atoms with Gasteiger partial charge < -0.3 is 10.3 Å². The van der Waals surface area contributed by atoms with Crippen LogP contribution in [0.4, 0.5) is 5.82 Å². The molecular formula is C10H17N3. The predicted molar refractivity (Wildman–Crippen MR) is 53.7 cm³/mol. The van der Waals surface area contributed by atoms with Crippen LogP contribution in [0.5, 0.6) is 0 Å². The topological polar surface area (TPSA) is 43.8 Å². The van der Waals surface area contributed by atoms with Gasteiger partial charge in [-0.2, -0.15) is 0 Å². The fraction of sp³-hybridized carbons (Fsp3) is 0.700. The summed E-state index contributed by atoms with van der Waals surface area (Å²) in [6.45, 7) is 5.48. The summed E-state index contributed by atoms with van der Waals surface area (Å²) in [5, 5.41) is 0. The zero-order chi connectivity index (χ0) is 9.42. The molecule has 1 aromatic rings. The molecule has 13 heavy (non-hydrogen) atoms. The first-order valence-electron chi connectivity index (χ1n) is 5.08. The molecule has 0 aromatic carbocycles. The Labute approximate surface area is 79.0 Å². The molecule has 3 nitrogen and oxygen atoms in total. The van der Waals surface area contributed by atoms with E-state index in [1.807, 2.05) is 0 Å². The molecule has 1 unspecified atom stereocenters. The number of imidazole rings is 1. The Morgan fingerprint density at radius 1 is 1.62 bits per heavy atom. The van der Waals surface area contributed by atoms with E-state index in [1.54, 1.807) is 0 Å². The highest BCUT2D eigenvalue weighted by Gasteiger charge is 2.22. The maximum absolute atomic E-state index is 5.90. The Kier molecular flexibility index (Phi) is 2.02. The Morgan fingerprint density at radius 2 is 2.38 bits per heavy atom. The van der Waals surface area contributed by atoms with E-state index in [-0.39, 0.29) is 0 Å². The van der Waals surface area contributed by atoms with Crippen molar-refractivity contribution in [2.45, 2.75) is 45.6 Å². The highest BCUT2D eigenvalue weighted by Crippen LogP contribution is 2.31. The zero-order valence-corrected chi connectivity index (χ0v) is 8.38. The van der Waals surface area contributed by atoms with Crippen LogP contribution >= 0.6 is 0 Å². The number of aryl methyl sites for hydroxylation is 1. The predicted octanol–water partition coefficient (Wildman–Crippen LogP) is 1.93. The maximum Gasteiger partial charge on any atom is 0.145 e. The van der Waals surface area contributed by atoms with Crippen molar-refractivity contribution < 1.29 is 0 Å². The van der Waals surface area contributed by atoms with E-state index < -0.39 is 0 Å². The Hall–Kier alpha value is -0.990. The molecule has 2 N–H and O–H groups in total. The largest absolute Gasteiger partial charge is 0.382 e. The fourth-order valence-electron chi connectivity index (χ4n) is 2.26. The standard InChI is InChI=1S/C10H17N3/c1-3-8-12-10(11)9-7(2)5-4-6-13(8)9/h7H,3-6,11H2,1-2H3. The molecule has 1 aliphatic rings. The summed E-state index contributed by atoms with van der Waals surface area (Å²) < 4.78 is 2.31. The molecular weight excluding hydrogens is 162 g/mol. The summed E-state index contributed by atoms with van der Waals surface area (Å²) in [6, 6.07) is 0. The zero-order valence-electron chi connectivity index (χ0n) is 8.38. The van der Waals surface area contributed by atoms with Gasteiger partial charge in [-0.1, -0.05) is 13.8 Å². The number of aromatic nitrogens is 2. The Balaban J connectivity index is 2.51. The number of hydrogen-bond donors (Lipinski definition) is 1. The second kappa shape index (κ2) is 3.05. The molecule has 0 aliphatic carbocycles. The van der Waals surface area contributed by atoms with Gasteiger partial charge in [-0.3, -0.25) is 0 Å². The Morgan fingerprint density at radius 3 is 3.08 bits per heavy atom. The van der Waals surface area contributed by atoms with Crippen LogP contribution < -0.4 is 5.73 Å². The lowest BCUT2D eigenvalue weighted by Crippen LogP contribution is -2.15. The summed E-state index contributed by atoms with van der Waals surface area (Å²) in [4.78, 5) is 4.40. The minimum absolute atomic E-state index is 0.585. The molecule has 1 aromatic heterocycles. The van der Waals surface area contributed by atoms with E-state index in [9.17, 15) is 0 Å². The molecule has 0 fully saturated rings. The van der Waals surface area contributed by atoms with E-state index in [1.165, 1.54) is 18.5 Å². The van der Waals surface area contributed by atoms with Gasteiger partial charge in [-0.25, -0.2) is 4.98 Å². The van der Waals surface area contributed by atoms with Gasteiger partial charge in [0.05, 0.1) is 5.69 Å². The van der Waals surface area contributed by atoms with Crippen molar-refractivity contribution in [1.29, 1.82) is 0 Å². The summed E-state index contributed by atoms with van der Waals surface area (Å²) in [6.07, 6.45) is 3.49. The monoisotopic (exact) mass is 179 g/mol. The number of hydrogen-bond acceptors (Lipinski definition) is 2. The van der Waals surface area contributed by atoms with Crippen molar-refractivity contribution in [3.05, 3.63) is 11.5 Å². The molecule has 0 radical (unpaired) electrons. The lowest BCUT2D eigenvalue weighted by atomic mass is 9.98. The minimum atomic E-state index is 0.585. The second-order valence-corrected chi connectivity index (χ2v) is 3.85. The van der Waals surface area contributed by atoms with Crippen LogP contribution in [0.2, 0.25) is 0 Å². The first-order chi connectivity index (χ1) is 6.24. The first kappa shape index (κ1) is 8.60. The smallest absolute Gasteiger partial charge is 0.145 e. The molecule has 2 heterocycles. The van der Waals surface area contributed by atoms with Crippen LogP contribution in [-0.2, 0) is 13.0 Å². The van der Waals surface area contributed by atoms with Gasteiger partial charge in [0, 0.05) is 18.9 Å². The van der Waals surface area contributed by atoms with E-state index in [0.717, 1.165) is 24.6 Å². The third-order valence-electron chi connectivity index (χ3n) is 2.92. The SMILES string of the molecule is CCc1nc(N)c2n1CCCC2C. The van der Waals surface area contributed by atoms with Crippen molar-refractivity contribution in [2.24, 2.45) is 0 Å². The van der Waals surface area contributed by atoms with Crippen molar-refractivity contribution in [2.75, 3.05) is 5.73 Å². The van der Waals surface area contributed by atoms with Crippen LogP contribution in [0.25, 0.3) is 0 Å². The number of anilines is 1. The molecule has 1 aliphatic heterocycles. The van der Waals surface area contributed by atoms with Gasteiger partial charge in [-0.05, 0) is 12.8 Å². The second-order valence-electron chi connectivity index (χ2n) is 3.85. The molecule has 2 rings (SSSR count). The van der Waals surface area contributed by atoms with Crippen LogP contribution in [-0.4, -0.2) is 9.55 Å². The number of fused-ring (bicyclic) bond motifs is 1. The van der Waals surface area contributed by atoms with E-state index in [0.29, 0.717) is 5.92 Å². The maximum atomic E-state index is 5.90. The molecule has 0 saturated carbocycles. The molecule has 0 amide bonds. The van der Waals surface area contributed by atoms with Crippen molar-refractivity contribution in [3.63, 3.8) is 0 Å². The van der Waals surface area contributed by atoms with Gasteiger partial charge in [0.25, 0.3) is 0 Å². The van der Waals surface area contributed by atoms with E-state index in [2.05, 4.69) is 23.4 Å². The fourth-order valence-corrected chi connectivity index (χ4v) is 2.26.